The predicted octanol–water partition coefficient (Wildman–Crippen LogP) is 2.37. The lowest BCUT2D eigenvalue weighted by Gasteiger charge is -2.23. The van der Waals surface area contributed by atoms with Crippen molar-refractivity contribution in [1.82, 2.24) is 25.0 Å². The van der Waals surface area contributed by atoms with E-state index in [1.165, 1.54) is 25.7 Å². The van der Waals surface area contributed by atoms with Gasteiger partial charge >= 0.3 is 0 Å². The van der Waals surface area contributed by atoms with Gasteiger partial charge in [0.15, 0.2) is 5.65 Å². The van der Waals surface area contributed by atoms with Gasteiger partial charge in [-0.25, -0.2) is 4.98 Å². The summed E-state index contributed by atoms with van der Waals surface area (Å²) in [4.78, 5) is 20.2. The van der Waals surface area contributed by atoms with Crippen molar-refractivity contribution >= 4 is 16.9 Å². The molecule has 6 nitrogen and oxygen atoms in total. The topological polar surface area (TPSA) is 63.1 Å². The third kappa shape index (κ3) is 3.03. The highest BCUT2D eigenvalue weighted by Crippen LogP contribution is 2.40. The first-order chi connectivity index (χ1) is 12.1. The molecule has 1 saturated carbocycles. The van der Waals surface area contributed by atoms with Crippen molar-refractivity contribution in [1.29, 1.82) is 0 Å². The van der Waals surface area contributed by atoms with E-state index >= 15 is 0 Å². The Hall–Kier alpha value is -1.95. The van der Waals surface area contributed by atoms with Gasteiger partial charge in [0.1, 0.15) is 0 Å². The first-order valence-electron chi connectivity index (χ1n) is 9.45. The van der Waals surface area contributed by atoms with E-state index in [2.05, 4.69) is 22.2 Å². The van der Waals surface area contributed by atoms with Crippen molar-refractivity contribution in [2.24, 2.45) is 7.05 Å². The van der Waals surface area contributed by atoms with Crippen LogP contribution in [0.4, 0.5) is 0 Å². The van der Waals surface area contributed by atoms with Crippen LogP contribution in [-0.2, 0) is 7.05 Å². The minimum absolute atomic E-state index is 0.00773. The van der Waals surface area contributed by atoms with Crippen molar-refractivity contribution in [2.75, 3.05) is 19.6 Å². The third-order valence-electron chi connectivity index (χ3n) is 5.63. The Morgan fingerprint density at radius 1 is 1.36 bits per heavy atom. The molecule has 0 spiro atoms. The quantitative estimate of drug-likeness (QED) is 0.907. The van der Waals surface area contributed by atoms with Gasteiger partial charge in [0.05, 0.1) is 16.6 Å². The van der Waals surface area contributed by atoms with E-state index in [0.717, 1.165) is 41.1 Å². The van der Waals surface area contributed by atoms with Crippen LogP contribution in [0.15, 0.2) is 6.07 Å². The van der Waals surface area contributed by atoms with Crippen LogP contribution >= 0.6 is 0 Å². The zero-order valence-corrected chi connectivity index (χ0v) is 15.4. The van der Waals surface area contributed by atoms with E-state index in [9.17, 15) is 4.79 Å². The number of nitrogens with one attached hydrogen (secondary N) is 1. The maximum absolute atomic E-state index is 13.0. The normalized spacial score (nSPS) is 21.2. The minimum atomic E-state index is 0.00773. The highest BCUT2D eigenvalue weighted by Gasteiger charge is 2.29. The minimum Gasteiger partial charge on any atom is -0.350 e. The number of hydrogen-bond donors (Lipinski definition) is 1. The number of fused-ring (bicyclic) bond motifs is 1. The second-order valence-corrected chi connectivity index (χ2v) is 7.41. The molecule has 1 aliphatic heterocycles. The summed E-state index contributed by atoms with van der Waals surface area (Å²) in [7, 11) is 1.90. The van der Waals surface area contributed by atoms with Crippen LogP contribution in [0, 0.1) is 6.92 Å². The lowest BCUT2D eigenvalue weighted by molar-refractivity contribution is 0.0943. The number of carbonyl (C=O) groups excluding carboxylic acids is 1. The van der Waals surface area contributed by atoms with Gasteiger partial charge in [-0.3, -0.25) is 14.4 Å². The third-order valence-corrected chi connectivity index (χ3v) is 5.63. The summed E-state index contributed by atoms with van der Waals surface area (Å²) in [5.41, 5.74) is 3.46. The van der Waals surface area contributed by atoms with E-state index in [1.807, 2.05) is 20.0 Å². The fourth-order valence-corrected chi connectivity index (χ4v) is 4.08. The number of aryl methyl sites for hydroxylation is 2. The van der Waals surface area contributed by atoms with Crippen LogP contribution in [0.25, 0.3) is 11.0 Å². The summed E-state index contributed by atoms with van der Waals surface area (Å²) in [6.07, 6.45) is 4.73. The van der Waals surface area contributed by atoms with Gasteiger partial charge in [-0.2, -0.15) is 5.10 Å². The maximum atomic E-state index is 13.0. The smallest absolute Gasteiger partial charge is 0.252 e. The standard InChI is InChI=1S/C19H27N5O/c1-4-24-9-5-6-14(24)11-20-19(25)15-10-16(13-7-8-13)21-18-17(15)12(2)22-23(18)3/h10,13-14H,4-9,11H2,1-3H3,(H,20,25)/t14-/m0/s1. The Kier molecular flexibility index (Phi) is 4.23. The first kappa shape index (κ1) is 16.5. The van der Waals surface area contributed by atoms with Crippen LogP contribution in [0.3, 0.4) is 0 Å². The molecule has 2 aromatic heterocycles. The van der Waals surface area contributed by atoms with Crippen LogP contribution in [0.1, 0.15) is 60.3 Å². The largest absolute Gasteiger partial charge is 0.350 e. The number of amides is 1. The average molecular weight is 341 g/mol. The van der Waals surface area contributed by atoms with Crippen LogP contribution in [0.5, 0.6) is 0 Å². The summed E-state index contributed by atoms with van der Waals surface area (Å²) in [6.45, 7) is 7.05. The molecule has 0 aromatic carbocycles. The Morgan fingerprint density at radius 3 is 2.88 bits per heavy atom. The van der Waals surface area contributed by atoms with E-state index in [-0.39, 0.29) is 5.91 Å². The summed E-state index contributed by atoms with van der Waals surface area (Å²) in [5, 5.41) is 8.55. The molecule has 4 rings (SSSR count). The van der Waals surface area contributed by atoms with E-state index in [1.54, 1.807) is 4.68 Å². The summed E-state index contributed by atoms with van der Waals surface area (Å²) < 4.78 is 1.79. The Morgan fingerprint density at radius 2 is 2.16 bits per heavy atom. The average Bonchev–Trinajstić information content (AvgIpc) is 3.29. The number of pyridine rings is 1. The zero-order chi connectivity index (χ0) is 17.6. The Labute approximate surface area is 148 Å². The van der Waals surface area contributed by atoms with E-state index in [4.69, 9.17) is 4.98 Å². The molecule has 3 heterocycles. The predicted molar refractivity (Wildman–Crippen MR) is 97.8 cm³/mol. The molecule has 1 aliphatic carbocycles. The monoisotopic (exact) mass is 341 g/mol. The highest BCUT2D eigenvalue weighted by atomic mass is 16.1. The summed E-state index contributed by atoms with van der Waals surface area (Å²) >= 11 is 0. The van der Waals surface area contributed by atoms with Crippen molar-refractivity contribution in [3.63, 3.8) is 0 Å². The molecule has 1 amide bonds. The summed E-state index contributed by atoms with van der Waals surface area (Å²) in [5.74, 6) is 0.518. The highest BCUT2D eigenvalue weighted by molar-refractivity contribution is 6.06. The number of carbonyl (C=O) groups is 1. The number of likely N-dealkylation sites (N-methyl/N-ethyl adjacent to an activating group) is 1. The molecule has 2 aliphatic rings. The lowest BCUT2D eigenvalue weighted by atomic mass is 10.1. The molecule has 1 atom stereocenters. The first-order valence-corrected chi connectivity index (χ1v) is 9.45. The molecule has 25 heavy (non-hydrogen) atoms. The summed E-state index contributed by atoms with van der Waals surface area (Å²) in [6, 6.07) is 2.46. The van der Waals surface area contributed by atoms with Crippen LogP contribution in [-0.4, -0.2) is 51.2 Å². The van der Waals surface area contributed by atoms with Gasteiger partial charge in [0.2, 0.25) is 0 Å². The fraction of sp³-hybridized carbons (Fsp3) is 0.632. The van der Waals surface area contributed by atoms with Gasteiger partial charge in [0.25, 0.3) is 5.91 Å². The van der Waals surface area contributed by atoms with Gasteiger partial charge in [-0.15, -0.1) is 0 Å². The molecule has 134 valence electrons. The molecular formula is C19H27N5O. The van der Waals surface area contributed by atoms with Gasteiger partial charge in [-0.05, 0) is 51.8 Å². The molecule has 6 heteroatoms. The lowest BCUT2D eigenvalue weighted by Crippen LogP contribution is -2.40. The SMILES string of the molecule is CCN1CCC[C@H]1CNC(=O)c1cc(C2CC2)nc2c1c(C)nn2C. The molecule has 0 radical (unpaired) electrons. The molecule has 2 fully saturated rings. The number of nitrogens with zero attached hydrogens (tertiary/aromatic N) is 4. The second-order valence-electron chi connectivity index (χ2n) is 7.41. The van der Waals surface area contributed by atoms with E-state index < -0.39 is 0 Å². The molecule has 0 unspecified atom stereocenters. The molecule has 0 bridgehead atoms. The number of aromatic nitrogens is 3. The van der Waals surface area contributed by atoms with Gasteiger partial charge in [0, 0.05) is 31.2 Å². The maximum Gasteiger partial charge on any atom is 0.252 e. The Balaban J connectivity index is 1.62. The van der Waals surface area contributed by atoms with Crippen LogP contribution in [0.2, 0.25) is 0 Å². The van der Waals surface area contributed by atoms with E-state index in [0.29, 0.717) is 18.5 Å². The number of likely N-dealkylation sites (tertiary alicyclic amines) is 1. The number of rotatable bonds is 5. The fourth-order valence-electron chi connectivity index (χ4n) is 4.08. The Bertz CT molecular complexity index is 808. The van der Waals surface area contributed by atoms with Gasteiger partial charge < -0.3 is 5.32 Å². The zero-order valence-electron chi connectivity index (χ0n) is 15.4. The van der Waals surface area contributed by atoms with Crippen molar-refractivity contribution < 1.29 is 4.79 Å². The van der Waals surface area contributed by atoms with Gasteiger partial charge in [-0.1, -0.05) is 6.92 Å². The number of hydrogen-bond acceptors (Lipinski definition) is 4. The van der Waals surface area contributed by atoms with Crippen LogP contribution < -0.4 is 5.32 Å². The molecule has 1 N–H and O–H groups in total. The molecule has 2 aromatic rings. The van der Waals surface area contributed by atoms with Crippen molar-refractivity contribution in [2.45, 2.75) is 51.5 Å². The molecular weight excluding hydrogens is 314 g/mol. The second kappa shape index (κ2) is 6.41. The molecule has 1 saturated heterocycles. The van der Waals surface area contributed by atoms with Crippen molar-refractivity contribution in [3.8, 4) is 0 Å². The van der Waals surface area contributed by atoms with Crippen molar-refractivity contribution in [3.05, 3.63) is 23.0 Å².